The average Bonchev–Trinajstić information content (AvgIpc) is 2.54. The number of carbonyl (C=O) groups is 1. The van der Waals surface area contributed by atoms with Gasteiger partial charge in [0.15, 0.2) is 0 Å². The number of ether oxygens (including phenoxy) is 2. The van der Waals surface area contributed by atoms with Crippen LogP contribution in [-0.2, 0) is 20.7 Å². The highest BCUT2D eigenvalue weighted by Gasteiger charge is 2.27. The van der Waals surface area contributed by atoms with Crippen LogP contribution in [-0.4, -0.2) is 43.4 Å². The van der Waals surface area contributed by atoms with Crippen molar-refractivity contribution >= 4 is 11.7 Å². The molecule has 0 N–H and O–H groups in total. The lowest BCUT2D eigenvalue weighted by molar-refractivity contribution is -0.140. The monoisotopic (exact) mass is 308 g/mol. The van der Waals surface area contributed by atoms with E-state index < -0.39 is 0 Å². The van der Waals surface area contributed by atoms with Crippen LogP contribution in [0.3, 0.4) is 0 Å². The Morgan fingerprint density at radius 3 is 2.77 bits per heavy atom. The number of hydrogen-bond acceptors (Lipinski definition) is 5. The maximum atomic E-state index is 11.2. The summed E-state index contributed by atoms with van der Waals surface area (Å²) in [7, 11) is 1.41. The number of aryl methyl sites for hydroxylation is 1. The second-order valence-corrected chi connectivity index (χ2v) is 5.66. The molecule has 1 aromatic heterocycles. The van der Waals surface area contributed by atoms with E-state index in [1.54, 1.807) is 6.20 Å². The minimum atomic E-state index is -0.192. The summed E-state index contributed by atoms with van der Waals surface area (Å²) in [6.45, 7) is 10.6. The molecule has 0 amide bonds. The highest BCUT2D eigenvalue weighted by molar-refractivity contribution is 5.69. The molecule has 0 aromatic carbocycles. The summed E-state index contributed by atoms with van der Waals surface area (Å²) in [4.78, 5) is 17.7. The first kappa shape index (κ1) is 18.4. The smallest absolute Gasteiger partial charge is 0.305 e. The van der Waals surface area contributed by atoms with Crippen LogP contribution >= 0.6 is 0 Å². The van der Waals surface area contributed by atoms with Crippen molar-refractivity contribution in [3.8, 4) is 0 Å². The molecule has 1 aliphatic rings. The van der Waals surface area contributed by atoms with Gasteiger partial charge in [-0.05, 0) is 31.9 Å². The zero-order chi connectivity index (χ0) is 16.6. The molecule has 2 rings (SSSR count). The molecule has 1 aromatic rings. The number of hydrogen-bond donors (Lipinski definition) is 0. The first-order chi connectivity index (χ1) is 10.5. The molecule has 0 saturated carbocycles. The summed E-state index contributed by atoms with van der Waals surface area (Å²) in [6, 6.07) is 2.09. The van der Waals surface area contributed by atoms with E-state index in [0.717, 1.165) is 30.9 Å². The lowest BCUT2D eigenvalue weighted by atomic mass is 10.1. The minimum absolute atomic E-state index is 0.139. The number of anilines is 1. The van der Waals surface area contributed by atoms with Crippen molar-refractivity contribution in [3.63, 3.8) is 0 Å². The lowest BCUT2D eigenvalue weighted by Gasteiger charge is -2.39. The van der Waals surface area contributed by atoms with Crippen LogP contribution in [0.1, 0.15) is 39.7 Å². The Balaban J connectivity index is 0.00000116. The molecular weight excluding hydrogens is 280 g/mol. The Kier molecular flexibility index (Phi) is 7.32. The molecule has 0 spiro atoms. The van der Waals surface area contributed by atoms with Crippen molar-refractivity contribution in [2.24, 2.45) is 0 Å². The number of carbonyl (C=O) groups excluding carboxylic acids is 1. The highest BCUT2D eigenvalue weighted by Crippen LogP contribution is 2.23. The van der Waals surface area contributed by atoms with Crippen molar-refractivity contribution < 1.29 is 14.3 Å². The quantitative estimate of drug-likeness (QED) is 0.801. The Hall–Kier alpha value is -1.62. The molecule has 0 aliphatic carbocycles. The van der Waals surface area contributed by atoms with Gasteiger partial charge in [-0.2, -0.15) is 0 Å². The van der Waals surface area contributed by atoms with Crippen LogP contribution in [0.15, 0.2) is 18.5 Å². The van der Waals surface area contributed by atoms with E-state index in [2.05, 4.69) is 34.5 Å². The summed E-state index contributed by atoms with van der Waals surface area (Å²) < 4.78 is 10.4. The third kappa shape index (κ3) is 5.64. The van der Waals surface area contributed by atoms with Crippen molar-refractivity contribution in [1.82, 2.24) is 4.98 Å². The number of nitrogens with zero attached hydrogens (tertiary/aromatic N) is 2. The van der Waals surface area contributed by atoms with Gasteiger partial charge in [-0.3, -0.25) is 9.78 Å². The predicted octanol–water partition coefficient (Wildman–Crippen LogP) is 2.83. The normalized spacial score (nSPS) is 16.5. The first-order valence-electron chi connectivity index (χ1n) is 7.90. The van der Waals surface area contributed by atoms with Crippen LogP contribution in [0.4, 0.5) is 5.69 Å². The van der Waals surface area contributed by atoms with Gasteiger partial charge in [0.1, 0.15) is 0 Å². The van der Waals surface area contributed by atoms with Crippen molar-refractivity contribution in [3.05, 3.63) is 24.0 Å². The second-order valence-electron chi connectivity index (χ2n) is 5.66. The van der Waals surface area contributed by atoms with Gasteiger partial charge in [-0.25, -0.2) is 0 Å². The van der Waals surface area contributed by atoms with Gasteiger partial charge in [0.2, 0.25) is 0 Å². The molecule has 22 heavy (non-hydrogen) atoms. The van der Waals surface area contributed by atoms with Gasteiger partial charge < -0.3 is 14.4 Å². The minimum Gasteiger partial charge on any atom is -0.469 e. The molecule has 0 radical (unpaired) electrons. The summed E-state index contributed by atoms with van der Waals surface area (Å²) >= 11 is 0. The van der Waals surface area contributed by atoms with Gasteiger partial charge in [0.25, 0.3) is 0 Å². The van der Waals surface area contributed by atoms with E-state index in [-0.39, 0.29) is 11.6 Å². The Morgan fingerprint density at radius 1 is 1.41 bits per heavy atom. The topological polar surface area (TPSA) is 51.7 Å². The molecule has 2 heterocycles. The van der Waals surface area contributed by atoms with Crippen LogP contribution in [0.2, 0.25) is 0 Å². The van der Waals surface area contributed by atoms with Gasteiger partial charge in [-0.1, -0.05) is 13.8 Å². The standard InChI is InChI=1S/C15H22N2O3.C2H6/c1-15(2)11-17(6-7-20-15)13-8-12(9-16-10-13)4-5-14(18)19-3;1-2/h8-10H,4-7,11H2,1-3H3;1-2H3. The summed E-state index contributed by atoms with van der Waals surface area (Å²) in [6.07, 6.45) is 4.71. The third-order valence-electron chi connectivity index (χ3n) is 3.42. The Labute approximate surface area is 133 Å². The van der Waals surface area contributed by atoms with Crippen molar-refractivity contribution in [2.75, 3.05) is 31.7 Å². The van der Waals surface area contributed by atoms with Gasteiger partial charge in [-0.15, -0.1) is 0 Å². The zero-order valence-electron chi connectivity index (χ0n) is 14.4. The van der Waals surface area contributed by atoms with Gasteiger partial charge >= 0.3 is 5.97 Å². The molecule has 0 atom stereocenters. The van der Waals surface area contributed by atoms with Gasteiger partial charge in [0.05, 0.1) is 31.2 Å². The number of methoxy groups -OCH3 is 1. The molecule has 5 nitrogen and oxygen atoms in total. The summed E-state index contributed by atoms with van der Waals surface area (Å²) in [5.74, 6) is -0.192. The zero-order valence-corrected chi connectivity index (χ0v) is 14.4. The fourth-order valence-electron chi connectivity index (χ4n) is 2.37. The van der Waals surface area contributed by atoms with Crippen molar-refractivity contribution in [1.29, 1.82) is 0 Å². The second kappa shape index (κ2) is 8.73. The molecule has 124 valence electrons. The lowest BCUT2D eigenvalue weighted by Crippen LogP contribution is -2.48. The first-order valence-corrected chi connectivity index (χ1v) is 7.90. The van der Waals surface area contributed by atoms with E-state index >= 15 is 0 Å². The Morgan fingerprint density at radius 2 is 2.14 bits per heavy atom. The summed E-state index contributed by atoms with van der Waals surface area (Å²) in [5.41, 5.74) is 2.00. The van der Waals surface area contributed by atoms with Crippen molar-refractivity contribution in [2.45, 2.75) is 46.1 Å². The molecule has 5 heteroatoms. The van der Waals surface area contributed by atoms with Crippen LogP contribution < -0.4 is 4.90 Å². The maximum Gasteiger partial charge on any atom is 0.305 e. The largest absolute Gasteiger partial charge is 0.469 e. The molecule has 0 bridgehead atoms. The van der Waals surface area contributed by atoms with E-state index in [0.29, 0.717) is 12.8 Å². The third-order valence-corrected chi connectivity index (χ3v) is 3.42. The average molecular weight is 308 g/mol. The molecule has 0 unspecified atom stereocenters. The number of aromatic nitrogens is 1. The Bertz CT molecular complexity index is 475. The van der Waals surface area contributed by atoms with E-state index in [1.165, 1.54) is 7.11 Å². The highest BCUT2D eigenvalue weighted by atomic mass is 16.5. The molecular formula is C17H28N2O3. The fraction of sp³-hybridized carbons (Fsp3) is 0.647. The van der Waals surface area contributed by atoms with E-state index in [9.17, 15) is 4.79 Å². The molecule has 1 aliphatic heterocycles. The SMILES string of the molecule is CC.COC(=O)CCc1cncc(N2CCOC(C)(C)C2)c1. The van der Waals surface area contributed by atoms with Crippen LogP contribution in [0.25, 0.3) is 0 Å². The van der Waals surface area contributed by atoms with Crippen LogP contribution in [0, 0.1) is 0 Å². The van der Waals surface area contributed by atoms with E-state index in [1.807, 2.05) is 20.0 Å². The van der Waals surface area contributed by atoms with Gasteiger partial charge in [0, 0.05) is 25.7 Å². The maximum absolute atomic E-state index is 11.2. The number of morpholine rings is 1. The van der Waals surface area contributed by atoms with E-state index in [4.69, 9.17) is 4.74 Å². The number of rotatable bonds is 4. The fourth-order valence-corrected chi connectivity index (χ4v) is 2.37. The summed E-state index contributed by atoms with van der Waals surface area (Å²) in [5, 5.41) is 0. The predicted molar refractivity (Wildman–Crippen MR) is 88.2 cm³/mol. The number of pyridine rings is 1. The molecule has 1 saturated heterocycles. The van der Waals surface area contributed by atoms with Crippen LogP contribution in [0.5, 0.6) is 0 Å². The number of esters is 1. The molecule has 1 fully saturated rings.